The molecule has 0 fully saturated rings. The van der Waals surface area contributed by atoms with Crippen molar-refractivity contribution in [3.63, 3.8) is 0 Å². The lowest BCUT2D eigenvalue weighted by atomic mass is 10.1. The lowest BCUT2D eigenvalue weighted by Crippen LogP contribution is -2.37. The van der Waals surface area contributed by atoms with Crippen LogP contribution in [-0.4, -0.2) is 33.2 Å². The Hall–Kier alpha value is -2.45. The minimum atomic E-state index is -1.24. The quantitative estimate of drug-likeness (QED) is 0.713. The second-order valence-corrected chi connectivity index (χ2v) is 7.16. The zero-order chi connectivity index (χ0) is 18.8. The monoisotopic (exact) mass is 394 g/mol. The normalized spacial score (nSPS) is 12.7. The highest BCUT2D eigenvalue weighted by atomic mass is 35.5. The molecule has 3 rings (SSSR count). The van der Waals surface area contributed by atoms with E-state index in [2.05, 4.69) is 5.32 Å². The maximum absolute atomic E-state index is 12.9. The van der Waals surface area contributed by atoms with Crippen LogP contribution in [0.1, 0.15) is 27.2 Å². The average Bonchev–Trinajstić information content (AvgIpc) is 3.07. The van der Waals surface area contributed by atoms with E-state index in [0.717, 1.165) is 5.56 Å². The van der Waals surface area contributed by atoms with Gasteiger partial charge in [-0.15, -0.1) is 0 Å². The Morgan fingerprint density at radius 1 is 1.31 bits per heavy atom. The summed E-state index contributed by atoms with van der Waals surface area (Å²) in [4.78, 5) is 35.8. The number of halogens is 1. The van der Waals surface area contributed by atoms with E-state index in [1.165, 1.54) is 16.3 Å². The van der Waals surface area contributed by atoms with E-state index >= 15 is 0 Å². The van der Waals surface area contributed by atoms with Gasteiger partial charge in [0.2, 0.25) is 0 Å². The third-order valence-electron chi connectivity index (χ3n) is 4.00. The lowest BCUT2D eigenvalue weighted by Gasteiger charge is -2.16. The number of hydrogen-bond acceptors (Lipinski definition) is 5. The molecule has 2 aromatic rings. The predicted molar refractivity (Wildman–Crippen MR) is 97.9 cm³/mol. The Bertz CT molecular complexity index is 957. The number of benzene rings is 1. The molecular weight excluding hydrogens is 380 g/mol. The molecule has 0 saturated carbocycles. The predicted octanol–water partition coefficient (Wildman–Crippen LogP) is 1.82. The number of aromatic nitrogens is 1. The highest BCUT2D eigenvalue weighted by Gasteiger charge is 2.28. The summed E-state index contributed by atoms with van der Waals surface area (Å²) in [6.45, 7) is -0.445. The summed E-state index contributed by atoms with van der Waals surface area (Å²) in [5.74, 6) is -1.52. The van der Waals surface area contributed by atoms with Gasteiger partial charge >= 0.3 is 5.97 Å². The Morgan fingerprint density at radius 3 is 2.77 bits per heavy atom. The van der Waals surface area contributed by atoms with Crippen LogP contribution >= 0.6 is 23.4 Å². The topological polar surface area (TPSA) is 109 Å². The number of pyridine rings is 1. The summed E-state index contributed by atoms with van der Waals surface area (Å²) < 4.78 is 1.44. The van der Waals surface area contributed by atoms with Crippen molar-refractivity contribution in [2.75, 3.05) is 6.54 Å². The highest BCUT2D eigenvalue weighted by molar-refractivity contribution is 7.98. The highest BCUT2D eigenvalue weighted by Crippen LogP contribution is 2.36. The van der Waals surface area contributed by atoms with Gasteiger partial charge in [0, 0.05) is 27.8 Å². The van der Waals surface area contributed by atoms with Crippen molar-refractivity contribution < 1.29 is 19.8 Å². The molecule has 0 atom stereocenters. The number of hydrogen-bond donors (Lipinski definition) is 3. The van der Waals surface area contributed by atoms with Gasteiger partial charge in [-0.3, -0.25) is 14.4 Å². The Kier molecular flexibility index (Phi) is 5.24. The molecule has 7 nitrogen and oxygen atoms in total. The van der Waals surface area contributed by atoms with Crippen LogP contribution in [0.2, 0.25) is 5.02 Å². The van der Waals surface area contributed by atoms with Crippen molar-refractivity contribution in [2.45, 2.75) is 18.1 Å². The van der Waals surface area contributed by atoms with Gasteiger partial charge in [-0.2, -0.15) is 11.8 Å². The molecule has 1 aliphatic rings. The van der Waals surface area contributed by atoms with Crippen molar-refractivity contribution in [1.29, 1.82) is 0 Å². The Labute approximate surface area is 157 Å². The summed E-state index contributed by atoms with van der Waals surface area (Å²) in [5, 5.41) is 21.8. The minimum Gasteiger partial charge on any atom is -0.507 e. The maximum atomic E-state index is 12.9. The number of nitrogens with zero attached hydrogens (tertiary/aromatic N) is 1. The molecule has 0 saturated heterocycles. The molecule has 3 N–H and O–H groups in total. The molecule has 0 unspecified atom stereocenters. The molecule has 0 aliphatic carbocycles. The molecular formula is C17H15ClN2O5S. The Morgan fingerprint density at radius 2 is 2.08 bits per heavy atom. The number of nitrogens with one attached hydrogen (secondary N) is 1. The number of fused-ring (bicyclic) bond motifs is 1. The van der Waals surface area contributed by atoms with Gasteiger partial charge in [0.05, 0.1) is 6.54 Å². The molecule has 0 spiro atoms. The molecule has 26 heavy (non-hydrogen) atoms. The number of carboxylic acid groups (broad SMARTS) is 1. The van der Waals surface area contributed by atoms with Gasteiger partial charge in [0.25, 0.3) is 11.5 Å². The third kappa shape index (κ3) is 3.56. The number of aliphatic carboxylic acids is 1. The summed E-state index contributed by atoms with van der Waals surface area (Å²) in [6.07, 6.45) is 0. The van der Waals surface area contributed by atoms with Gasteiger partial charge in [-0.05, 0) is 17.7 Å². The summed E-state index contributed by atoms with van der Waals surface area (Å²) in [6, 6.07) is 7.01. The van der Waals surface area contributed by atoms with Crippen molar-refractivity contribution in [2.24, 2.45) is 0 Å². The van der Waals surface area contributed by atoms with E-state index in [1.54, 1.807) is 18.2 Å². The summed E-state index contributed by atoms with van der Waals surface area (Å²) in [7, 11) is 0. The largest absolute Gasteiger partial charge is 0.507 e. The van der Waals surface area contributed by atoms with Gasteiger partial charge in [-0.1, -0.05) is 23.7 Å². The van der Waals surface area contributed by atoms with Crippen LogP contribution in [0, 0.1) is 0 Å². The first kappa shape index (κ1) is 18.3. The van der Waals surface area contributed by atoms with Crippen LogP contribution < -0.4 is 10.9 Å². The van der Waals surface area contributed by atoms with E-state index in [1.807, 2.05) is 6.07 Å². The number of carbonyl (C=O) groups is 2. The number of rotatable bonds is 5. The van der Waals surface area contributed by atoms with E-state index in [4.69, 9.17) is 16.7 Å². The van der Waals surface area contributed by atoms with Crippen LogP contribution in [0.25, 0.3) is 0 Å². The van der Waals surface area contributed by atoms with Gasteiger partial charge in [-0.25, -0.2) is 0 Å². The average molecular weight is 395 g/mol. The Balaban J connectivity index is 2.08. The molecule has 1 aromatic heterocycles. The van der Waals surface area contributed by atoms with E-state index in [9.17, 15) is 19.5 Å². The standard InChI is InChI=1S/C17H15ClN2O5S/c18-10-3-1-2-9(4-10)6-20-12-8-26-7-11(12)15(23)14(17(20)25)16(24)19-5-13(21)22/h1-4,23H,5-8H2,(H,19,24)(H,21,22). The van der Waals surface area contributed by atoms with Crippen molar-refractivity contribution >= 4 is 35.2 Å². The van der Waals surface area contributed by atoms with Crippen LogP contribution in [0.3, 0.4) is 0 Å². The van der Waals surface area contributed by atoms with Crippen LogP contribution in [0.15, 0.2) is 29.1 Å². The first-order valence-corrected chi connectivity index (χ1v) is 9.21. The van der Waals surface area contributed by atoms with E-state index in [0.29, 0.717) is 27.8 Å². The maximum Gasteiger partial charge on any atom is 0.322 e. The fraction of sp³-hybridized carbons (Fsp3) is 0.235. The smallest absolute Gasteiger partial charge is 0.322 e. The van der Waals surface area contributed by atoms with Gasteiger partial charge < -0.3 is 20.1 Å². The SMILES string of the molecule is O=C(O)CNC(=O)c1c(O)c2c(n(Cc3cccc(Cl)c3)c1=O)CSC2. The fourth-order valence-corrected chi connectivity index (χ4v) is 4.16. The molecule has 1 amide bonds. The molecule has 1 aromatic carbocycles. The van der Waals surface area contributed by atoms with Gasteiger partial charge in [0.1, 0.15) is 17.9 Å². The second-order valence-electron chi connectivity index (χ2n) is 5.74. The molecule has 9 heteroatoms. The summed E-state index contributed by atoms with van der Waals surface area (Å²) in [5.41, 5.74) is 0.867. The fourth-order valence-electron chi connectivity index (χ4n) is 2.81. The van der Waals surface area contributed by atoms with Gasteiger partial charge in [0.15, 0.2) is 0 Å². The first-order valence-electron chi connectivity index (χ1n) is 7.68. The van der Waals surface area contributed by atoms with Crippen LogP contribution in [0.4, 0.5) is 0 Å². The minimum absolute atomic E-state index is 0.196. The number of carboxylic acids is 1. The number of carbonyl (C=O) groups excluding carboxylic acids is 1. The van der Waals surface area contributed by atoms with E-state index in [-0.39, 0.29) is 12.3 Å². The molecule has 2 heterocycles. The molecule has 0 bridgehead atoms. The second kappa shape index (κ2) is 7.43. The van der Waals surface area contributed by atoms with Crippen molar-refractivity contribution in [3.8, 4) is 5.75 Å². The van der Waals surface area contributed by atoms with Crippen LogP contribution in [0.5, 0.6) is 5.75 Å². The molecule has 0 radical (unpaired) electrons. The number of aromatic hydroxyl groups is 1. The van der Waals surface area contributed by atoms with Crippen LogP contribution in [-0.2, 0) is 22.8 Å². The third-order valence-corrected chi connectivity index (χ3v) is 5.20. The molecule has 1 aliphatic heterocycles. The van der Waals surface area contributed by atoms with Crippen molar-refractivity contribution in [1.82, 2.24) is 9.88 Å². The molecule has 136 valence electrons. The zero-order valence-corrected chi connectivity index (χ0v) is 15.1. The zero-order valence-electron chi connectivity index (χ0n) is 13.5. The lowest BCUT2D eigenvalue weighted by molar-refractivity contribution is -0.135. The van der Waals surface area contributed by atoms with Crippen molar-refractivity contribution in [3.05, 3.63) is 62.0 Å². The van der Waals surface area contributed by atoms with E-state index < -0.39 is 29.5 Å². The number of thioether (sulfide) groups is 1. The summed E-state index contributed by atoms with van der Waals surface area (Å²) >= 11 is 7.52. The first-order chi connectivity index (χ1) is 12.4. The number of amides is 1.